The first-order chi connectivity index (χ1) is 12.0. The standard InChI is InChI=1S/C20H26N2O2S/c1-21(2)25(23,24)20-12-6-10-18(15-20)16-22-13-7-11-19(22)14-17-8-4-3-5-9-17/h3-6,8-10,12,15,19H,7,11,13-14,16H2,1-2H3. The molecule has 0 aliphatic carbocycles. The average Bonchev–Trinajstić information content (AvgIpc) is 3.02. The van der Waals surface area contributed by atoms with Crippen molar-refractivity contribution in [2.24, 2.45) is 0 Å². The molecule has 1 unspecified atom stereocenters. The molecule has 5 heteroatoms. The first kappa shape index (κ1) is 18.1. The van der Waals surface area contributed by atoms with Gasteiger partial charge in [0.1, 0.15) is 0 Å². The Bertz CT molecular complexity index is 803. The van der Waals surface area contributed by atoms with Gasteiger partial charge >= 0.3 is 0 Å². The van der Waals surface area contributed by atoms with Gasteiger partial charge in [0.05, 0.1) is 4.90 Å². The van der Waals surface area contributed by atoms with Gasteiger partial charge in [-0.3, -0.25) is 4.90 Å². The van der Waals surface area contributed by atoms with Gasteiger partial charge in [-0.25, -0.2) is 12.7 Å². The molecule has 134 valence electrons. The summed E-state index contributed by atoms with van der Waals surface area (Å²) in [5.74, 6) is 0. The van der Waals surface area contributed by atoms with Crippen LogP contribution in [-0.4, -0.2) is 44.3 Å². The molecule has 2 aromatic carbocycles. The molecule has 1 saturated heterocycles. The summed E-state index contributed by atoms with van der Waals surface area (Å²) in [6.45, 7) is 1.87. The molecule has 2 aromatic rings. The molecule has 1 atom stereocenters. The van der Waals surface area contributed by atoms with E-state index in [-0.39, 0.29) is 0 Å². The van der Waals surface area contributed by atoms with Gasteiger partial charge in [0.25, 0.3) is 0 Å². The van der Waals surface area contributed by atoms with Crippen molar-refractivity contribution >= 4 is 10.0 Å². The Kier molecular flexibility index (Phi) is 5.57. The summed E-state index contributed by atoms with van der Waals surface area (Å²) in [5.41, 5.74) is 2.42. The molecule has 0 amide bonds. The Morgan fingerprint density at radius 1 is 1.04 bits per heavy atom. The smallest absolute Gasteiger partial charge is 0.242 e. The zero-order chi connectivity index (χ0) is 17.9. The molecule has 0 spiro atoms. The monoisotopic (exact) mass is 358 g/mol. The second-order valence-electron chi connectivity index (χ2n) is 6.89. The fraction of sp³-hybridized carbons (Fsp3) is 0.400. The van der Waals surface area contributed by atoms with Crippen molar-refractivity contribution in [1.29, 1.82) is 0 Å². The Balaban J connectivity index is 1.73. The highest BCUT2D eigenvalue weighted by Crippen LogP contribution is 2.24. The minimum absolute atomic E-state index is 0.369. The maximum Gasteiger partial charge on any atom is 0.242 e. The number of hydrogen-bond acceptors (Lipinski definition) is 3. The molecule has 1 heterocycles. The van der Waals surface area contributed by atoms with Crippen LogP contribution in [-0.2, 0) is 23.0 Å². The first-order valence-electron chi connectivity index (χ1n) is 8.76. The van der Waals surface area contributed by atoms with Gasteiger partial charge in [0.2, 0.25) is 10.0 Å². The molecular weight excluding hydrogens is 332 g/mol. The molecule has 25 heavy (non-hydrogen) atoms. The summed E-state index contributed by atoms with van der Waals surface area (Å²) in [6.07, 6.45) is 3.45. The van der Waals surface area contributed by atoms with Crippen LogP contribution in [0.2, 0.25) is 0 Å². The lowest BCUT2D eigenvalue weighted by atomic mass is 10.0. The highest BCUT2D eigenvalue weighted by molar-refractivity contribution is 7.89. The maximum absolute atomic E-state index is 12.3. The van der Waals surface area contributed by atoms with Crippen LogP contribution in [0, 0.1) is 0 Å². The molecule has 0 aromatic heterocycles. The number of likely N-dealkylation sites (tertiary alicyclic amines) is 1. The van der Waals surface area contributed by atoms with Gasteiger partial charge in [-0.05, 0) is 49.1 Å². The predicted octanol–water partition coefficient (Wildman–Crippen LogP) is 3.14. The van der Waals surface area contributed by atoms with Gasteiger partial charge in [0, 0.05) is 26.7 Å². The molecule has 1 aliphatic heterocycles. The Hall–Kier alpha value is -1.69. The lowest BCUT2D eigenvalue weighted by molar-refractivity contribution is 0.244. The van der Waals surface area contributed by atoms with Gasteiger partial charge in [-0.15, -0.1) is 0 Å². The summed E-state index contributed by atoms with van der Waals surface area (Å²) >= 11 is 0. The molecule has 0 bridgehead atoms. The van der Waals surface area contributed by atoms with Crippen LogP contribution >= 0.6 is 0 Å². The lowest BCUT2D eigenvalue weighted by Crippen LogP contribution is -2.30. The van der Waals surface area contributed by atoms with Crippen molar-refractivity contribution in [3.63, 3.8) is 0 Å². The molecule has 1 aliphatic rings. The van der Waals surface area contributed by atoms with E-state index in [0.29, 0.717) is 10.9 Å². The summed E-state index contributed by atoms with van der Waals surface area (Å²) in [6, 6.07) is 18.5. The number of rotatable bonds is 6. The molecule has 0 radical (unpaired) electrons. The number of hydrogen-bond donors (Lipinski definition) is 0. The molecule has 1 fully saturated rings. The van der Waals surface area contributed by atoms with Crippen LogP contribution < -0.4 is 0 Å². The van der Waals surface area contributed by atoms with Crippen molar-refractivity contribution in [2.45, 2.75) is 36.7 Å². The summed E-state index contributed by atoms with van der Waals surface area (Å²) in [4.78, 5) is 2.85. The zero-order valence-electron chi connectivity index (χ0n) is 14.9. The fourth-order valence-corrected chi connectivity index (χ4v) is 4.44. The number of benzene rings is 2. The van der Waals surface area contributed by atoms with Gasteiger partial charge in [-0.2, -0.15) is 0 Å². The molecule has 0 N–H and O–H groups in total. The number of sulfonamides is 1. The van der Waals surface area contributed by atoms with E-state index < -0.39 is 10.0 Å². The SMILES string of the molecule is CN(C)S(=O)(=O)c1cccc(CN2CCCC2Cc2ccccc2)c1. The average molecular weight is 359 g/mol. The zero-order valence-corrected chi connectivity index (χ0v) is 15.7. The normalized spacial score (nSPS) is 18.8. The van der Waals surface area contributed by atoms with E-state index in [0.717, 1.165) is 25.1 Å². The van der Waals surface area contributed by atoms with Gasteiger partial charge < -0.3 is 0 Å². The summed E-state index contributed by atoms with van der Waals surface area (Å²) < 4.78 is 25.9. The van der Waals surface area contributed by atoms with E-state index in [1.165, 1.54) is 22.7 Å². The van der Waals surface area contributed by atoms with E-state index in [2.05, 4.69) is 29.2 Å². The second-order valence-corrected chi connectivity index (χ2v) is 9.04. The van der Waals surface area contributed by atoms with Gasteiger partial charge in [-0.1, -0.05) is 42.5 Å². The Morgan fingerprint density at radius 2 is 1.76 bits per heavy atom. The highest BCUT2D eigenvalue weighted by Gasteiger charge is 2.25. The van der Waals surface area contributed by atoms with E-state index >= 15 is 0 Å². The van der Waals surface area contributed by atoms with E-state index in [9.17, 15) is 8.42 Å². The molecule has 4 nitrogen and oxygen atoms in total. The molecular formula is C20H26N2O2S. The number of nitrogens with zero attached hydrogens (tertiary/aromatic N) is 2. The lowest BCUT2D eigenvalue weighted by Gasteiger charge is -2.25. The first-order valence-corrected chi connectivity index (χ1v) is 10.2. The van der Waals surface area contributed by atoms with E-state index in [1.807, 2.05) is 24.3 Å². The van der Waals surface area contributed by atoms with Crippen LogP contribution in [0.25, 0.3) is 0 Å². The molecule has 0 saturated carbocycles. The van der Waals surface area contributed by atoms with Crippen LogP contribution in [0.15, 0.2) is 59.5 Å². The van der Waals surface area contributed by atoms with Gasteiger partial charge in [0.15, 0.2) is 0 Å². The third-order valence-corrected chi connectivity index (χ3v) is 6.69. The van der Waals surface area contributed by atoms with Crippen molar-refractivity contribution in [3.8, 4) is 0 Å². The van der Waals surface area contributed by atoms with Crippen LogP contribution in [0.1, 0.15) is 24.0 Å². The molecule has 3 rings (SSSR count). The third-order valence-electron chi connectivity index (χ3n) is 4.88. The minimum Gasteiger partial charge on any atom is -0.296 e. The Labute approximate surface area is 151 Å². The maximum atomic E-state index is 12.3. The quantitative estimate of drug-likeness (QED) is 0.796. The minimum atomic E-state index is -3.38. The van der Waals surface area contributed by atoms with E-state index in [4.69, 9.17) is 0 Å². The van der Waals surface area contributed by atoms with Crippen LogP contribution in [0.3, 0.4) is 0 Å². The predicted molar refractivity (Wildman–Crippen MR) is 101 cm³/mol. The third kappa shape index (κ3) is 4.29. The van der Waals surface area contributed by atoms with Crippen molar-refractivity contribution in [2.75, 3.05) is 20.6 Å². The topological polar surface area (TPSA) is 40.6 Å². The van der Waals surface area contributed by atoms with Crippen LogP contribution in [0.5, 0.6) is 0 Å². The van der Waals surface area contributed by atoms with Crippen LogP contribution in [0.4, 0.5) is 0 Å². The van der Waals surface area contributed by atoms with Crippen molar-refractivity contribution in [1.82, 2.24) is 9.21 Å². The van der Waals surface area contributed by atoms with Crippen molar-refractivity contribution in [3.05, 3.63) is 65.7 Å². The summed E-state index contributed by atoms with van der Waals surface area (Å²) in [5, 5.41) is 0. The van der Waals surface area contributed by atoms with E-state index in [1.54, 1.807) is 20.2 Å². The highest BCUT2D eigenvalue weighted by atomic mass is 32.2. The van der Waals surface area contributed by atoms with Crippen molar-refractivity contribution < 1.29 is 8.42 Å². The second kappa shape index (κ2) is 7.68. The largest absolute Gasteiger partial charge is 0.296 e. The fourth-order valence-electron chi connectivity index (χ4n) is 3.47. The Morgan fingerprint density at radius 3 is 2.48 bits per heavy atom. The summed E-state index contributed by atoms with van der Waals surface area (Å²) in [7, 11) is -0.245.